The Balaban J connectivity index is 2.33. The van der Waals surface area contributed by atoms with E-state index in [1.807, 2.05) is 20.9 Å². The number of hydrogen-bond acceptors (Lipinski definition) is 4. The third-order valence-electron chi connectivity index (χ3n) is 3.93. The first-order chi connectivity index (χ1) is 9.23. The van der Waals surface area contributed by atoms with Crippen molar-refractivity contribution in [1.29, 1.82) is 0 Å². The number of anilines is 1. The monoisotopic (exact) mass is 301 g/mol. The van der Waals surface area contributed by atoms with Crippen LogP contribution in [-0.2, 0) is 10.0 Å². The van der Waals surface area contributed by atoms with Crippen molar-refractivity contribution in [2.24, 2.45) is 0 Å². The lowest BCUT2D eigenvalue weighted by atomic mass is 10.1. The standard InChI is InChI=1S/C13H20FN3O2S/c1-9-7-17(8-10(2)16(9)3)20(18,19)11-4-5-12(14)13(15)6-11/h4-6,9-10H,7-8,15H2,1-3H3. The topological polar surface area (TPSA) is 66.6 Å². The van der Waals surface area contributed by atoms with Crippen LogP contribution in [0.2, 0.25) is 0 Å². The molecule has 0 spiro atoms. The third-order valence-corrected chi connectivity index (χ3v) is 5.76. The van der Waals surface area contributed by atoms with Gasteiger partial charge in [-0.15, -0.1) is 0 Å². The Morgan fingerprint density at radius 2 is 1.80 bits per heavy atom. The summed E-state index contributed by atoms with van der Waals surface area (Å²) in [7, 11) is -1.65. The summed E-state index contributed by atoms with van der Waals surface area (Å²) in [5, 5.41) is 0. The number of rotatable bonds is 2. The molecular formula is C13H20FN3O2S. The van der Waals surface area contributed by atoms with Gasteiger partial charge in [-0.2, -0.15) is 4.31 Å². The normalized spacial score (nSPS) is 25.8. The van der Waals surface area contributed by atoms with Gasteiger partial charge in [-0.1, -0.05) is 0 Å². The van der Waals surface area contributed by atoms with E-state index in [9.17, 15) is 12.8 Å². The van der Waals surface area contributed by atoms with E-state index in [0.29, 0.717) is 13.1 Å². The predicted octanol–water partition coefficient (Wildman–Crippen LogP) is 1.12. The van der Waals surface area contributed by atoms with E-state index in [1.165, 1.54) is 16.4 Å². The molecule has 1 aromatic carbocycles. The quantitative estimate of drug-likeness (QED) is 0.831. The molecule has 0 aromatic heterocycles. The molecule has 0 radical (unpaired) electrons. The van der Waals surface area contributed by atoms with Crippen LogP contribution in [0, 0.1) is 5.82 Å². The van der Waals surface area contributed by atoms with Gasteiger partial charge < -0.3 is 5.73 Å². The molecule has 1 aliphatic rings. The van der Waals surface area contributed by atoms with Crippen molar-refractivity contribution in [3.05, 3.63) is 24.0 Å². The molecule has 2 rings (SSSR count). The molecule has 112 valence electrons. The molecule has 2 unspecified atom stereocenters. The molecule has 0 saturated carbocycles. The van der Waals surface area contributed by atoms with Crippen LogP contribution in [0.1, 0.15) is 13.8 Å². The number of halogens is 1. The average molecular weight is 301 g/mol. The van der Waals surface area contributed by atoms with Crippen molar-refractivity contribution in [3.8, 4) is 0 Å². The van der Waals surface area contributed by atoms with Crippen LogP contribution in [0.4, 0.5) is 10.1 Å². The maximum absolute atomic E-state index is 13.2. The molecule has 20 heavy (non-hydrogen) atoms. The minimum absolute atomic E-state index is 0.0420. The number of piperazine rings is 1. The molecule has 1 aromatic rings. The van der Waals surface area contributed by atoms with Crippen LogP contribution in [0.5, 0.6) is 0 Å². The van der Waals surface area contributed by atoms with Gasteiger partial charge in [0.15, 0.2) is 0 Å². The van der Waals surface area contributed by atoms with E-state index in [0.717, 1.165) is 6.07 Å². The number of nitrogens with two attached hydrogens (primary N) is 1. The minimum atomic E-state index is -3.63. The molecule has 1 saturated heterocycles. The number of likely N-dealkylation sites (N-methyl/N-ethyl adjacent to an activating group) is 1. The minimum Gasteiger partial charge on any atom is -0.396 e. The third kappa shape index (κ3) is 2.65. The van der Waals surface area contributed by atoms with E-state index in [1.54, 1.807) is 0 Å². The van der Waals surface area contributed by atoms with Gasteiger partial charge in [0.25, 0.3) is 0 Å². The van der Waals surface area contributed by atoms with Crippen LogP contribution in [-0.4, -0.2) is 49.8 Å². The molecular weight excluding hydrogens is 281 g/mol. The summed E-state index contributed by atoms with van der Waals surface area (Å²) in [6.45, 7) is 4.80. The SMILES string of the molecule is CC1CN(S(=O)(=O)c2ccc(F)c(N)c2)CC(C)N1C. The lowest BCUT2D eigenvalue weighted by Crippen LogP contribution is -2.56. The summed E-state index contributed by atoms with van der Waals surface area (Å²) >= 11 is 0. The second kappa shape index (κ2) is 5.31. The summed E-state index contributed by atoms with van der Waals surface area (Å²) in [6, 6.07) is 3.79. The second-order valence-electron chi connectivity index (χ2n) is 5.37. The first-order valence-corrected chi connectivity index (χ1v) is 7.94. The summed E-state index contributed by atoms with van der Waals surface area (Å²) in [4.78, 5) is 2.19. The molecule has 1 heterocycles. The van der Waals surface area contributed by atoms with Gasteiger partial charge in [-0.05, 0) is 39.1 Å². The zero-order valence-corrected chi connectivity index (χ0v) is 12.7. The van der Waals surface area contributed by atoms with E-state index >= 15 is 0 Å². The average Bonchev–Trinajstić information content (AvgIpc) is 2.38. The Morgan fingerprint density at radius 3 is 2.30 bits per heavy atom. The van der Waals surface area contributed by atoms with Crippen LogP contribution in [0.3, 0.4) is 0 Å². The van der Waals surface area contributed by atoms with Crippen LogP contribution in [0.15, 0.2) is 23.1 Å². The number of hydrogen-bond donors (Lipinski definition) is 1. The van der Waals surface area contributed by atoms with Crippen molar-refractivity contribution in [1.82, 2.24) is 9.21 Å². The lowest BCUT2D eigenvalue weighted by Gasteiger charge is -2.41. The molecule has 1 aliphatic heterocycles. The van der Waals surface area contributed by atoms with Gasteiger partial charge in [0, 0.05) is 25.2 Å². The molecule has 1 fully saturated rings. The van der Waals surface area contributed by atoms with Gasteiger partial charge >= 0.3 is 0 Å². The fourth-order valence-corrected chi connectivity index (χ4v) is 4.02. The van der Waals surface area contributed by atoms with Gasteiger partial charge in [0.05, 0.1) is 10.6 Å². The second-order valence-corrected chi connectivity index (χ2v) is 7.31. The van der Waals surface area contributed by atoms with E-state index in [2.05, 4.69) is 4.90 Å². The highest BCUT2D eigenvalue weighted by atomic mass is 32.2. The fraction of sp³-hybridized carbons (Fsp3) is 0.538. The molecule has 7 heteroatoms. The molecule has 2 atom stereocenters. The van der Waals surface area contributed by atoms with Crippen molar-refractivity contribution in [2.45, 2.75) is 30.8 Å². The lowest BCUT2D eigenvalue weighted by molar-refractivity contribution is 0.105. The molecule has 0 amide bonds. The predicted molar refractivity (Wildman–Crippen MR) is 76.3 cm³/mol. The Morgan fingerprint density at radius 1 is 1.25 bits per heavy atom. The number of nitrogens with zero attached hydrogens (tertiary/aromatic N) is 2. The first-order valence-electron chi connectivity index (χ1n) is 6.50. The van der Waals surface area contributed by atoms with Crippen LogP contribution >= 0.6 is 0 Å². The van der Waals surface area contributed by atoms with Crippen molar-refractivity contribution in [3.63, 3.8) is 0 Å². The highest BCUT2D eigenvalue weighted by Gasteiger charge is 2.34. The van der Waals surface area contributed by atoms with E-state index < -0.39 is 15.8 Å². The Hall–Kier alpha value is -1.18. The van der Waals surface area contributed by atoms with Gasteiger partial charge in [-0.25, -0.2) is 12.8 Å². The highest BCUT2D eigenvalue weighted by molar-refractivity contribution is 7.89. The molecule has 0 bridgehead atoms. The van der Waals surface area contributed by atoms with Crippen molar-refractivity contribution in [2.75, 3.05) is 25.9 Å². The molecule has 5 nitrogen and oxygen atoms in total. The fourth-order valence-electron chi connectivity index (χ4n) is 2.38. The van der Waals surface area contributed by atoms with Gasteiger partial charge in [-0.3, -0.25) is 4.90 Å². The van der Waals surface area contributed by atoms with Crippen LogP contribution in [0.25, 0.3) is 0 Å². The zero-order valence-electron chi connectivity index (χ0n) is 11.9. The summed E-state index contributed by atoms with van der Waals surface area (Å²) in [5.74, 6) is -0.607. The summed E-state index contributed by atoms with van der Waals surface area (Å²) < 4.78 is 39.8. The van der Waals surface area contributed by atoms with Gasteiger partial charge in [0.2, 0.25) is 10.0 Å². The van der Waals surface area contributed by atoms with Crippen molar-refractivity contribution < 1.29 is 12.8 Å². The number of benzene rings is 1. The Bertz CT molecular complexity index is 594. The van der Waals surface area contributed by atoms with Crippen LogP contribution < -0.4 is 5.73 Å². The maximum Gasteiger partial charge on any atom is 0.243 e. The van der Waals surface area contributed by atoms with E-state index in [-0.39, 0.29) is 22.7 Å². The Labute approximate surface area is 119 Å². The Kier molecular flexibility index (Phi) is 4.04. The zero-order chi connectivity index (χ0) is 15.1. The number of sulfonamides is 1. The number of nitrogen functional groups attached to an aromatic ring is 1. The van der Waals surface area contributed by atoms with E-state index in [4.69, 9.17) is 5.73 Å². The smallest absolute Gasteiger partial charge is 0.243 e. The highest BCUT2D eigenvalue weighted by Crippen LogP contribution is 2.24. The summed E-state index contributed by atoms with van der Waals surface area (Å²) in [5.41, 5.74) is 5.31. The maximum atomic E-state index is 13.2. The molecule has 0 aliphatic carbocycles. The van der Waals surface area contributed by atoms with Gasteiger partial charge in [0.1, 0.15) is 5.82 Å². The van der Waals surface area contributed by atoms with Crippen molar-refractivity contribution >= 4 is 15.7 Å². The molecule has 2 N–H and O–H groups in total. The summed E-state index contributed by atoms with van der Waals surface area (Å²) in [6.07, 6.45) is 0. The first kappa shape index (κ1) is 15.2. The largest absolute Gasteiger partial charge is 0.396 e.